The number of azide groups is 1. The van der Waals surface area contributed by atoms with Gasteiger partial charge in [0.2, 0.25) is 0 Å². The number of carboxylic acids is 1. The van der Waals surface area contributed by atoms with Crippen molar-refractivity contribution >= 4 is 27.7 Å². The standard InChI is InChI=1S/C9H8BrN5O6/c10-4-6(13-14-11)15(9(20)12-7(4)17)3-1-2(16)5(21-3)8(18)19/h2-3,5,16H,1H2,(H,18,19)(H,12,17,20)/t2-,3+,5-/m0/s1. The molecule has 0 spiro atoms. The van der Waals surface area contributed by atoms with Crippen molar-refractivity contribution in [1.82, 2.24) is 9.55 Å². The first-order valence-corrected chi connectivity index (χ1v) is 6.32. The molecule has 0 aromatic carbocycles. The third-order valence-electron chi connectivity index (χ3n) is 2.83. The zero-order valence-corrected chi connectivity index (χ0v) is 11.7. The van der Waals surface area contributed by atoms with Gasteiger partial charge in [0.25, 0.3) is 5.56 Å². The molecule has 0 saturated carbocycles. The van der Waals surface area contributed by atoms with Crippen LogP contribution in [0.3, 0.4) is 0 Å². The van der Waals surface area contributed by atoms with Crippen LogP contribution in [0.15, 0.2) is 19.2 Å². The van der Waals surface area contributed by atoms with E-state index in [0.29, 0.717) is 0 Å². The molecule has 1 aliphatic rings. The summed E-state index contributed by atoms with van der Waals surface area (Å²) in [7, 11) is 0. The molecule has 112 valence electrons. The molecule has 3 N–H and O–H groups in total. The molecular formula is C9H8BrN5O6. The summed E-state index contributed by atoms with van der Waals surface area (Å²) in [5.41, 5.74) is 6.75. The highest BCUT2D eigenvalue weighted by Crippen LogP contribution is 2.32. The highest BCUT2D eigenvalue weighted by Gasteiger charge is 2.41. The molecule has 11 nitrogen and oxygen atoms in total. The maximum atomic E-state index is 11.9. The van der Waals surface area contributed by atoms with Crippen molar-refractivity contribution in [1.29, 1.82) is 0 Å². The summed E-state index contributed by atoms with van der Waals surface area (Å²) in [6, 6.07) is 0. The number of aromatic nitrogens is 2. The Kier molecular flexibility index (Phi) is 4.14. The van der Waals surface area contributed by atoms with Crippen LogP contribution in [0.2, 0.25) is 0 Å². The molecule has 0 bridgehead atoms. The number of aliphatic hydroxyl groups is 1. The fourth-order valence-electron chi connectivity index (χ4n) is 1.95. The van der Waals surface area contributed by atoms with Crippen molar-refractivity contribution in [3.05, 3.63) is 35.8 Å². The van der Waals surface area contributed by atoms with Crippen molar-refractivity contribution in [2.45, 2.75) is 24.9 Å². The van der Waals surface area contributed by atoms with Crippen LogP contribution in [0, 0.1) is 0 Å². The van der Waals surface area contributed by atoms with Crippen molar-refractivity contribution in [2.24, 2.45) is 5.11 Å². The maximum absolute atomic E-state index is 11.9. The minimum Gasteiger partial charge on any atom is -0.479 e. The lowest BCUT2D eigenvalue weighted by Crippen LogP contribution is -2.33. The Morgan fingerprint density at radius 2 is 2.24 bits per heavy atom. The van der Waals surface area contributed by atoms with E-state index in [4.69, 9.17) is 15.4 Å². The molecular weight excluding hydrogens is 354 g/mol. The van der Waals surface area contributed by atoms with Gasteiger partial charge in [-0.25, -0.2) is 9.59 Å². The highest BCUT2D eigenvalue weighted by molar-refractivity contribution is 9.10. The van der Waals surface area contributed by atoms with Crippen LogP contribution >= 0.6 is 15.9 Å². The quantitative estimate of drug-likeness (QED) is 0.387. The van der Waals surface area contributed by atoms with Crippen molar-refractivity contribution in [3.8, 4) is 0 Å². The highest BCUT2D eigenvalue weighted by atomic mass is 79.9. The van der Waals surface area contributed by atoms with Crippen LogP contribution < -0.4 is 11.2 Å². The minimum absolute atomic E-state index is 0.211. The van der Waals surface area contributed by atoms with E-state index >= 15 is 0 Å². The lowest BCUT2D eigenvalue weighted by atomic mass is 10.2. The molecule has 2 rings (SSSR count). The summed E-state index contributed by atoms with van der Waals surface area (Å²) in [5.74, 6) is -1.76. The number of halogens is 1. The average molecular weight is 362 g/mol. The van der Waals surface area contributed by atoms with Gasteiger partial charge >= 0.3 is 11.7 Å². The first kappa shape index (κ1) is 15.3. The van der Waals surface area contributed by atoms with Gasteiger partial charge in [0.05, 0.1) is 6.10 Å². The molecule has 1 fully saturated rings. The van der Waals surface area contributed by atoms with E-state index in [2.05, 4.69) is 26.0 Å². The number of aliphatic carboxylic acids is 1. The number of aromatic amines is 1. The summed E-state index contributed by atoms with van der Waals surface area (Å²) >= 11 is 2.87. The lowest BCUT2D eigenvalue weighted by molar-refractivity contribution is -0.155. The van der Waals surface area contributed by atoms with Gasteiger partial charge in [0, 0.05) is 11.3 Å². The maximum Gasteiger partial charge on any atom is 0.335 e. The Morgan fingerprint density at radius 3 is 2.76 bits per heavy atom. The van der Waals surface area contributed by atoms with E-state index in [-0.39, 0.29) is 16.7 Å². The molecule has 2 heterocycles. The third-order valence-corrected chi connectivity index (χ3v) is 3.54. The number of hydrogen-bond donors (Lipinski definition) is 3. The van der Waals surface area contributed by atoms with E-state index in [0.717, 1.165) is 4.57 Å². The molecule has 1 aromatic rings. The fourth-order valence-corrected chi connectivity index (χ4v) is 2.32. The summed E-state index contributed by atoms with van der Waals surface area (Å²) in [4.78, 5) is 38.6. The molecule has 0 aliphatic carbocycles. The topological polar surface area (TPSA) is 170 Å². The van der Waals surface area contributed by atoms with Crippen LogP contribution in [0.4, 0.5) is 5.82 Å². The number of aliphatic hydroxyl groups excluding tert-OH is 1. The summed E-state index contributed by atoms with van der Waals surface area (Å²) in [5, 5.41) is 21.7. The van der Waals surface area contributed by atoms with Gasteiger partial charge in [-0.3, -0.25) is 14.3 Å². The molecule has 0 amide bonds. The zero-order chi connectivity index (χ0) is 15.7. The van der Waals surface area contributed by atoms with Crippen molar-refractivity contribution < 1.29 is 19.7 Å². The third kappa shape index (κ3) is 2.69. The molecule has 1 saturated heterocycles. The molecule has 0 radical (unpaired) electrons. The Balaban J connectivity index is 2.58. The molecule has 21 heavy (non-hydrogen) atoms. The first-order valence-electron chi connectivity index (χ1n) is 5.52. The number of nitrogens with one attached hydrogen (secondary N) is 1. The Labute approximate surface area is 123 Å². The summed E-state index contributed by atoms with van der Waals surface area (Å²) in [6.07, 6.45) is -4.28. The average Bonchev–Trinajstić information content (AvgIpc) is 2.78. The van der Waals surface area contributed by atoms with Gasteiger partial charge < -0.3 is 14.9 Å². The number of nitrogens with zero attached hydrogens (tertiary/aromatic N) is 4. The van der Waals surface area contributed by atoms with E-state index in [1.54, 1.807) is 0 Å². The van der Waals surface area contributed by atoms with Crippen LogP contribution in [0.1, 0.15) is 12.6 Å². The number of H-pyrrole nitrogens is 1. The van der Waals surface area contributed by atoms with E-state index in [1.165, 1.54) is 0 Å². The van der Waals surface area contributed by atoms with Gasteiger partial charge in [-0.2, -0.15) is 0 Å². The Bertz CT molecular complexity index is 750. The van der Waals surface area contributed by atoms with Crippen molar-refractivity contribution in [3.63, 3.8) is 0 Å². The smallest absolute Gasteiger partial charge is 0.335 e. The number of ether oxygens (including phenoxy) is 1. The molecule has 3 atom stereocenters. The first-order chi connectivity index (χ1) is 9.86. The van der Waals surface area contributed by atoms with Gasteiger partial charge in [0.15, 0.2) is 6.10 Å². The predicted molar refractivity (Wildman–Crippen MR) is 70.0 cm³/mol. The zero-order valence-electron chi connectivity index (χ0n) is 10.1. The van der Waals surface area contributed by atoms with Gasteiger partial charge in [-0.1, -0.05) is 0 Å². The van der Waals surface area contributed by atoms with Crippen LogP contribution in [0.25, 0.3) is 10.4 Å². The second-order valence-corrected chi connectivity index (χ2v) is 4.90. The van der Waals surface area contributed by atoms with Crippen molar-refractivity contribution in [2.75, 3.05) is 0 Å². The van der Waals surface area contributed by atoms with Crippen LogP contribution in [0.5, 0.6) is 0 Å². The van der Waals surface area contributed by atoms with Gasteiger partial charge in [0.1, 0.15) is 16.5 Å². The molecule has 0 unspecified atom stereocenters. The summed E-state index contributed by atoms with van der Waals surface area (Å²) in [6.45, 7) is 0. The Hall–Kier alpha value is -2.14. The Morgan fingerprint density at radius 1 is 1.57 bits per heavy atom. The SMILES string of the molecule is [N-]=[N+]=Nc1c(Br)c(=O)[nH]c(=O)n1[C@H]1C[C@H](O)[C@@H](C(=O)O)O1. The number of hydrogen-bond acceptors (Lipinski definition) is 6. The summed E-state index contributed by atoms with van der Waals surface area (Å²) < 4.78 is 5.63. The predicted octanol–water partition coefficient (Wildman–Crippen LogP) is -0.0261. The lowest BCUT2D eigenvalue weighted by Gasteiger charge is -2.16. The molecule has 1 aromatic heterocycles. The van der Waals surface area contributed by atoms with E-state index in [1.807, 2.05) is 4.98 Å². The van der Waals surface area contributed by atoms with Crippen LogP contribution in [-0.4, -0.2) is 37.9 Å². The van der Waals surface area contributed by atoms with Gasteiger partial charge in [-0.05, 0) is 26.6 Å². The van der Waals surface area contributed by atoms with E-state index < -0.39 is 35.7 Å². The molecule has 12 heteroatoms. The second kappa shape index (κ2) is 5.69. The fraction of sp³-hybridized carbons (Fsp3) is 0.444. The number of carboxylic acid groups (broad SMARTS) is 1. The number of rotatable bonds is 3. The molecule has 1 aliphatic heterocycles. The van der Waals surface area contributed by atoms with E-state index in [9.17, 15) is 19.5 Å². The number of carbonyl (C=O) groups is 1. The minimum atomic E-state index is -1.52. The monoisotopic (exact) mass is 361 g/mol. The normalized spacial score (nSPS) is 24.6. The second-order valence-electron chi connectivity index (χ2n) is 4.11. The van der Waals surface area contributed by atoms with Gasteiger partial charge in [-0.15, -0.1) is 0 Å². The largest absolute Gasteiger partial charge is 0.479 e. The van der Waals surface area contributed by atoms with Crippen LogP contribution in [-0.2, 0) is 9.53 Å².